The van der Waals surface area contributed by atoms with E-state index in [9.17, 15) is 4.39 Å². The van der Waals surface area contributed by atoms with Gasteiger partial charge < -0.3 is 5.73 Å². The zero-order chi connectivity index (χ0) is 12.6. The van der Waals surface area contributed by atoms with Crippen LogP contribution in [0.15, 0.2) is 18.2 Å². The highest BCUT2D eigenvalue weighted by molar-refractivity contribution is 5.46. The van der Waals surface area contributed by atoms with E-state index in [-0.39, 0.29) is 11.7 Å². The first-order valence-corrected chi connectivity index (χ1v) is 5.49. The molecule has 0 amide bonds. The van der Waals surface area contributed by atoms with Gasteiger partial charge in [0.25, 0.3) is 0 Å². The number of hydrogen-bond donors (Lipinski definition) is 1. The molecule has 4 nitrogen and oxygen atoms in total. The molecule has 0 saturated carbocycles. The normalized spacial score (nSPS) is 11.1. The average Bonchev–Trinajstić information content (AvgIpc) is 2.60. The number of aryl methyl sites for hydroxylation is 1. The molecule has 1 aromatic heterocycles. The van der Waals surface area contributed by atoms with Gasteiger partial charge in [-0.25, -0.2) is 9.07 Å². The van der Waals surface area contributed by atoms with Crippen molar-refractivity contribution in [3.63, 3.8) is 0 Å². The molecule has 0 aliphatic carbocycles. The second-order valence-corrected chi connectivity index (χ2v) is 4.33. The molecular weight excluding hydrogens is 219 g/mol. The second-order valence-electron chi connectivity index (χ2n) is 4.33. The SMILES string of the molecule is Cc1cccc(F)c1-n1nnc(N)c1C(C)C. The van der Waals surface area contributed by atoms with Crippen LogP contribution in [0.1, 0.15) is 31.0 Å². The molecule has 0 atom stereocenters. The summed E-state index contributed by atoms with van der Waals surface area (Å²) in [5.41, 5.74) is 7.72. The summed E-state index contributed by atoms with van der Waals surface area (Å²) >= 11 is 0. The molecule has 2 aromatic rings. The largest absolute Gasteiger partial charge is 0.381 e. The zero-order valence-corrected chi connectivity index (χ0v) is 10.1. The Bertz CT molecular complexity index is 525. The summed E-state index contributed by atoms with van der Waals surface area (Å²) in [6.45, 7) is 5.78. The maximum atomic E-state index is 13.9. The zero-order valence-electron chi connectivity index (χ0n) is 10.1. The summed E-state index contributed by atoms with van der Waals surface area (Å²) in [4.78, 5) is 0. The van der Waals surface area contributed by atoms with E-state index in [0.29, 0.717) is 11.5 Å². The van der Waals surface area contributed by atoms with E-state index in [4.69, 9.17) is 5.73 Å². The lowest BCUT2D eigenvalue weighted by Gasteiger charge is -2.12. The summed E-state index contributed by atoms with van der Waals surface area (Å²) in [6, 6.07) is 4.91. The molecule has 5 heteroatoms. The smallest absolute Gasteiger partial charge is 0.169 e. The fourth-order valence-corrected chi connectivity index (χ4v) is 1.90. The van der Waals surface area contributed by atoms with Crippen molar-refractivity contribution in [3.8, 4) is 5.69 Å². The van der Waals surface area contributed by atoms with Crippen molar-refractivity contribution in [2.75, 3.05) is 5.73 Å². The number of aromatic nitrogens is 3. The van der Waals surface area contributed by atoms with E-state index in [1.807, 2.05) is 26.8 Å². The fourth-order valence-electron chi connectivity index (χ4n) is 1.90. The number of nitrogen functional groups attached to an aromatic ring is 1. The van der Waals surface area contributed by atoms with Crippen LogP contribution in [0.4, 0.5) is 10.2 Å². The maximum Gasteiger partial charge on any atom is 0.169 e. The average molecular weight is 234 g/mol. The van der Waals surface area contributed by atoms with Gasteiger partial charge in [-0.15, -0.1) is 5.10 Å². The maximum absolute atomic E-state index is 13.9. The Balaban J connectivity index is 2.69. The summed E-state index contributed by atoms with van der Waals surface area (Å²) in [7, 11) is 0. The van der Waals surface area contributed by atoms with Crippen LogP contribution < -0.4 is 5.73 Å². The summed E-state index contributed by atoms with van der Waals surface area (Å²) in [6.07, 6.45) is 0. The Kier molecular flexibility index (Phi) is 2.83. The lowest BCUT2D eigenvalue weighted by molar-refractivity contribution is 0.596. The van der Waals surface area contributed by atoms with E-state index >= 15 is 0 Å². The van der Waals surface area contributed by atoms with Gasteiger partial charge >= 0.3 is 0 Å². The molecule has 1 aromatic carbocycles. The van der Waals surface area contributed by atoms with Gasteiger partial charge in [0.15, 0.2) is 5.82 Å². The molecule has 0 bridgehead atoms. The summed E-state index contributed by atoms with van der Waals surface area (Å²) in [5, 5.41) is 7.75. The number of halogens is 1. The van der Waals surface area contributed by atoms with Gasteiger partial charge in [-0.2, -0.15) is 0 Å². The number of benzene rings is 1. The monoisotopic (exact) mass is 234 g/mol. The lowest BCUT2D eigenvalue weighted by atomic mass is 10.1. The van der Waals surface area contributed by atoms with Gasteiger partial charge in [-0.05, 0) is 24.5 Å². The van der Waals surface area contributed by atoms with Gasteiger partial charge in [-0.3, -0.25) is 0 Å². The summed E-state index contributed by atoms with van der Waals surface area (Å²) in [5.74, 6) is 0.156. The van der Waals surface area contributed by atoms with Gasteiger partial charge in [0, 0.05) is 0 Å². The molecular formula is C12H15FN4. The third-order valence-corrected chi connectivity index (χ3v) is 2.68. The highest BCUT2D eigenvalue weighted by atomic mass is 19.1. The molecule has 0 aliphatic rings. The molecule has 90 valence electrons. The Morgan fingerprint density at radius 1 is 1.35 bits per heavy atom. The minimum atomic E-state index is -0.322. The first-order valence-electron chi connectivity index (χ1n) is 5.49. The van der Waals surface area contributed by atoms with Gasteiger partial charge in [0.05, 0.1) is 5.69 Å². The Morgan fingerprint density at radius 2 is 2.06 bits per heavy atom. The molecule has 0 fully saturated rings. The highest BCUT2D eigenvalue weighted by Gasteiger charge is 2.18. The minimum absolute atomic E-state index is 0.129. The van der Waals surface area contributed by atoms with Crippen LogP contribution in [0.3, 0.4) is 0 Å². The fraction of sp³-hybridized carbons (Fsp3) is 0.333. The molecule has 17 heavy (non-hydrogen) atoms. The molecule has 0 saturated heterocycles. The van der Waals surface area contributed by atoms with Crippen molar-refractivity contribution >= 4 is 5.82 Å². The van der Waals surface area contributed by atoms with E-state index in [0.717, 1.165) is 11.3 Å². The molecule has 1 heterocycles. The van der Waals surface area contributed by atoms with Crippen LogP contribution >= 0.6 is 0 Å². The van der Waals surface area contributed by atoms with E-state index in [1.165, 1.54) is 10.7 Å². The third kappa shape index (κ3) is 1.88. The van der Waals surface area contributed by atoms with Crippen LogP contribution in [0.5, 0.6) is 0 Å². The standard InChI is InChI=1S/C12H15FN4/c1-7(2)10-12(14)15-16-17(10)11-8(3)5-4-6-9(11)13/h4-7H,14H2,1-3H3. The number of nitrogens with zero attached hydrogens (tertiary/aromatic N) is 3. The molecule has 2 N–H and O–H groups in total. The van der Waals surface area contributed by atoms with Crippen molar-refractivity contribution in [2.24, 2.45) is 0 Å². The van der Waals surface area contributed by atoms with Crippen LogP contribution in [0.25, 0.3) is 5.69 Å². The summed E-state index contributed by atoms with van der Waals surface area (Å²) < 4.78 is 15.4. The molecule has 2 rings (SSSR count). The van der Waals surface area contributed by atoms with Crippen molar-refractivity contribution in [3.05, 3.63) is 35.3 Å². The third-order valence-electron chi connectivity index (χ3n) is 2.68. The van der Waals surface area contributed by atoms with Crippen LogP contribution in [-0.4, -0.2) is 15.0 Å². The van der Waals surface area contributed by atoms with Crippen molar-refractivity contribution in [2.45, 2.75) is 26.7 Å². The topological polar surface area (TPSA) is 56.7 Å². The molecule has 0 unspecified atom stereocenters. The Morgan fingerprint density at radius 3 is 2.65 bits per heavy atom. The van der Waals surface area contributed by atoms with Gasteiger partial charge in [0.1, 0.15) is 11.5 Å². The van der Waals surface area contributed by atoms with E-state index in [1.54, 1.807) is 6.07 Å². The van der Waals surface area contributed by atoms with Crippen molar-refractivity contribution in [1.29, 1.82) is 0 Å². The van der Waals surface area contributed by atoms with Crippen LogP contribution in [0.2, 0.25) is 0 Å². The van der Waals surface area contributed by atoms with Crippen molar-refractivity contribution in [1.82, 2.24) is 15.0 Å². The second kappa shape index (κ2) is 4.16. The Labute approximate surface area is 99.2 Å². The van der Waals surface area contributed by atoms with Gasteiger partial charge in [0.2, 0.25) is 0 Å². The quantitative estimate of drug-likeness (QED) is 0.868. The van der Waals surface area contributed by atoms with E-state index in [2.05, 4.69) is 10.3 Å². The highest BCUT2D eigenvalue weighted by Crippen LogP contribution is 2.25. The van der Waals surface area contributed by atoms with Gasteiger partial charge in [-0.1, -0.05) is 31.2 Å². The number of rotatable bonds is 2. The molecule has 0 spiro atoms. The molecule has 0 aliphatic heterocycles. The number of hydrogen-bond acceptors (Lipinski definition) is 3. The Hall–Kier alpha value is -1.91. The number of nitrogens with two attached hydrogens (primary N) is 1. The first-order chi connectivity index (χ1) is 8.02. The lowest BCUT2D eigenvalue weighted by Crippen LogP contribution is -2.09. The predicted octanol–water partition coefficient (Wildman–Crippen LogP) is 2.42. The predicted molar refractivity (Wildman–Crippen MR) is 64.6 cm³/mol. The van der Waals surface area contributed by atoms with Crippen molar-refractivity contribution < 1.29 is 4.39 Å². The first kappa shape index (κ1) is 11.6. The molecule has 0 radical (unpaired) electrons. The number of para-hydroxylation sites is 1. The number of anilines is 1. The van der Waals surface area contributed by atoms with Crippen LogP contribution in [-0.2, 0) is 0 Å². The minimum Gasteiger partial charge on any atom is -0.381 e. The van der Waals surface area contributed by atoms with Crippen LogP contribution in [0, 0.1) is 12.7 Å². The van der Waals surface area contributed by atoms with E-state index < -0.39 is 0 Å².